The normalized spacial score (nSPS) is 36.8. The minimum atomic E-state index is -4.14. The van der Waals surface area contributed by atoms with Crippen LogP contribution in [0.25, 0.3) is 0 Å². The molecule has 1 aliphatic heterocycles. The molecule has 25 heavy (non-hydrogen) atoms. The van der Waals surface area contributed by atoms with Crippen LogP contribution >= 0.6 is 0 Å². The van der Waals surface area contributed by atoms with Crippen molar-refractivity contribution in [3.8, 4) is 0 Å². The molecule has 2 N–H and O–H groups in total. The fourth-order valence-corrected chi connectivity index (χ4v) is 5.82. The Balaban J connectivity index is 1.73. The number of ether oxygens (including phenoxy) is 1. The topological polar surface area (TPSA) is 92.7 Å². The molecule has 1 saturated carbocycles. The maximum absolute atomic E-state index is 13.9. The van der Waals surface area contributed by atoms with E-state index in [0.29, 0.717) is 19.3 Å². The molecular weight excluding hydrogens is 349 g/mol. The lowest BCUT2D eigenvalue weighted by atomic mass is 9.71. The molecule has 1 aromatic carbocycles. The summed E-state index contributed by atoms with van der Waals surface area (Å²) in [5.74, 6) is -1.76. The lowest BCUT2D eigenvalue weighted by Crippen LogP contribution is -2.54. The van der Waals surface area contributed by atoms with E-state index in [1.165, 1.54) is 24.3 Å². The summed E-state index contributed by atoms with van der Waals surface area (Å²) in [6.45, 7) is 1.62. The second kappa shape index (κ2) is 5.12. The predicted octanol–water partition coefficient (Wildman–Crippen LogP) is 1.26. The highest BCUT2D eigenvalue weighted by molar-refractivity contribution is 7.89. The fourth-order valence-electron chi connectivity index (χ4n) is 4.37. The first-order valence-electron chi connectivity index (χ1n) is 8.11. The number of esters is 1. The highest BCUT2D eigenvalue weighted by Crippen LogP contribution is 2.53. The van der Waals surface area contributed by atoms with E-state index in [9.17, 15) is 22.7 Å². The first kappa shape index (κ1) is 16.7. The van der Waals surface area contributed by atoms with Crippen molar-refractivity contribution in [2.45, 2.75) is 48.3 Å². The Labute approximate surface area is 144 Å². The Morgan fingerprint density at radius 2 is 2.04 bits per heavy atom. The number of rotatable bonds is 3. The van der Waals surface area contributed by atoms with E-state index in [2.05, 4.69) is 4.72 Å². The van der Waals surface area contributed by atoms with Gasteiger partial charge in [0.1, 0.15) is 22.4 Å². The van der Waals surface area contributed by atoms with Gasteiger partial charge in [-0.25, -0.2) is 22.3 Å². The van der Waals surface area contributed by atoms with E-state index in [0.717, 1.165) is 6.07 Å². The number of halogens is 1. The van der Waals surface area contributed by atoms with E-state index >= 15 is 0 Å². The van der Waals surface area contributed by atoms with Crippen LogP contribution in [0.3, 0.4) is 0 Å². The van der Waals surface area contributed by atoms with Gasteiger partial charge in [-0.05, 0) is 44.2 Å². The van der Waals surface area contributed by atoms with E-state index in [4.69, 9.17) is 4.74 Å². The summed E-state index contributed by atoms with van der Waals surface area (Å²) in [5.41, 5.74) is -2.36. The SMILES string of the molecule is C[C@]1(NS(=O)(=O)c2ccccc2F)C=C2C(=O)O[C@@H]3CCC(C1)[C@]23O. The van der Waals surface area contributed by atoms with Crippen LogP contribution in [-0.2, 0) is 19.6 Å². The Hall–Kier alpha value is -1.77. The maximum Gasteiger partial charge on any atom is 0.337 e. The van der Waals surface area contributed by atoms with Gasteiger partial charge in [-0.1, -0.05) is 18.2 Å². The van der Waals surface area contributed by atoms with Crippen molar-refractivity contribution in [1.82, 2.24) is 4.72 Å². The number of carbonyl (C=O) groups is 1. The molecule has 134 valence electrons. The summed E-state index contributed by atoms with van der Waals surface area (Å²) in [6.07, 6.45) is 2.33. The fraction of sp³-hybridized carbons (Fsp3) is 0.471. The maximum atomic E-state index is 13.9. The molecule has 4 rings (SSSR count). The number of hydrogen-bond donors (Lipinski definition) is 2. The molecular formula is C17H18FNO5S. The average molecular weight is 367 g/mol. The molecule has 3 aliphatic rings. The molecule has 1 unspecified atom stereocenters. The van der Waals surface area contributed by atoms with Crippen molar-refractivity contribution in [1.29, 1.82) is 0 Å². The van der Waals surface area contributed by atoms with Crippen molar-refractivity contribution in [3.63, 3.8) is 0 Å². The van der Waals surface area contributed by atoms with Crippen molar-refractivity contribution in [3.05, 3.63) is 41.7 Å². The number of benzene rings is 1. The Kier molecular flexibility index (Phi) is 3.42. The van der Waals surface area contributed by atoms with Gasteiger partial charge in [-0.15, -0.1) is 0 Å². The monoisotopic (exact) mass is 367 g/mol. The molecule has 1 heterocycles. The third kappa shape index (κ3) is 2.35. The lowest BCUT2D eigenvalue weighted by molar-refractivity contribution is -0.140. The van der Waals surface area contributed by atoms with Gasteiger partial charge in [-0.3, -0.25) is 0 Å². The van der Waals surface area contributed by atoms with Crippen LogP contribution in [0.2, 0.25) is 0 Å². The Bertz CT molecular complexity index is 898. The van der Waals surface area contributed by atoms with Crippen LogP contribution in [0.5, 0.6) is 0 Å². The lowest BCUT2D eigenvalue weighted by Gasteiger charge is -2.40. The highest BCUT2D eigenvalue weighted by Gasteiger charge is 2.64. The minimum absolute atomic E-state index is 0.102. The van der Waals surface area contributed by atoms with E-state index in [1.807, 2.05) is 0 Å². The summed E-state index contributed by atoms with van der Waals surface area (Å²) in [6, 6.07) is 5.10. The van der Waals surface area contributed by atoms with Gasteiger partial charge in [0.15, 0.2) is 0 Å². The van der Waals surface area contributed by atoms with E-state index in [1.54, 1.807) is 6.92 Å². The zero-order chi connectivity index (χ0) is 18.0. The van der Waals surface area contributed by atoms with Crippen molar-refractivity contribution >= 4 is 16.0 Å². The van der Waals surface area contributed by atoms with E-state index in [-0.39, 0.29) is 11.5 Å². The van der Waals surface area contributed by atoms with Crippen LogP contribution in [0.15, 0.2) is 40.8 Å². The van der Waals surface area contributed by atoms with Crippen molar-refractivity contribution in [2.75, 3.05) is 0 Å². The molecule has 0 radical (unpaired) electrons. The first-order chi connectivity index (χ1) is 11.7. The highest BCUT2D eigenvalue weighted by atomic mass is 32.2. The molecule has 6 nitrogen and oxygen atoms in total. The molecule has 2 aliphatic carbocycles. The minimum Gasteiger partial charge on any atom is -0.455 e. The first-order valence-corrected chi connectivity index (χ1v) is 9.59. The number of hydrogen-bond acceptors (Lipinski definition) is 5. The number of nitrogens with one attached hydrogen (secondary N) is 1. The van der Waals surface area contributed by atoms with Gasteiger partial charge in [-0.2, -0.15) is 0 Å². The van der Waals surface area contributed by atoms with Crippen LogP contribution in [0.1, 0.15) is 26.2 Å². The molecule has 0 amide bonds. The van der Waals surface area contributed by atoms with Crippen LogP contribution in [0.4, 0.5) is 4.39 Å². The number of carbonyl (C=O) groups excluding carboxylic acids is 1. The predicted molar refractivity (Wildman–Crippen MR) is 85.4 cm³/mol. The molecule has 2 fully saturated rings. The average Bonchev–Trinajstić information content (AvgIpc) is 2.95. The largest absolute Gasteiger partial charge is 0.455 e. The summed E-state index contributed by atoms with van der Waals surface area (Å²) in [7, 11) is -4.14. The number of aliphatic hydroxyl groups is 1. The van der Waals surface area contributed by atoms with Crippen LogP contribution in [-0.4, -0.2) is 36.7 Å². The van der Waals surface area contributed by atoms with Gasteiger partial charge in [0.2, 0.25) is 10.0 Å². The summed E-state index contributed by atoms with van der Waals surface area (Å²) < 4.78 is 46.9. The second-order valence-corrected chi connectivity index (χ2v) is 8.86. The third-order valence-electron chi connectivity index (χ3n) is 5.42. The molecule has 4 atom stereocenters. The number of sulfonamides is 1. The van der Waals surface area contributed by atoms with Gasteiger partial charge in [0.25, 0.3) is 0 Å². The van der Waals surface area contributed by atoms with E-state index < -0.39 is 43.9 Å². The molecule has 8 heteroatoms. The van der Waals surface area contributed by atoms with Crippen molar-refractivity contribution in [2.24, 2.45) is 5.92 Å². The summed E-state index contributed by atoms with van der Waals surface area (Å²) >= 11 is 0. The molecule has 1 aromatic rings. The molecule has 0 aromatic heterocycles. The summed E-state index contributed by atoms with van der Waals surface area (Å²) in [4.78, 5) is 11.6. The standard InChI is InChI=1S/C17H18FNO5S/c1-16(19-25(22,23)13-5-3-2-4-12(13)18)8-10-6-7-14-17(10,21)11(9-16)15(20)24-14/h2-5,9-10,14,19,21H,6-8H2,1H3/t10?,14-,16-,17+/m1/s1. The van der Waals surface area contributed by atoms with Crippen molar-refractivity contribution < 1.29 is 27.4 Å². The summed E-state index contributed by atoms with van der Waals surface area (Å²) in [5, 5.41) is 10.9. The quantitative estimate of drug-likeness (QED) is 0.785. The Morgan fingerprint density at radius 3 is 2.76 bits per heavy atom. The second-order valence-electron chi connectivity index (χ2n) is 7.21. The van der Waals surface area contributed by atoms with Gasteiger partial charge in [0.05, 0.1) is 5.57 Å². The molecule has 0 spiro atoms. The molecule has 1 saturated heterocycles. The van der Waals surface area contributed by atoms with Gasteiger partial charge >= 0.3 is 5.97 Å². The smallest absolute Gasteiger partial charge is 0.337 e. The Morgan fingerprint density at radius 1 is 1.32 bits per heavy atom. The third-order valence-corrected chi connectivity index (χ3v) is 7.06. The van der Waals surface area contributed by atoms with Gasteiger partial charge < -0.3 is 9.84 Å². The zero-order valence-electron chi connectivity index (χ0n) is 13.5. The van der Waals surface area contributed by atoms with Crippen LogP contribution in [0, 0.1) is 11.7 Å². The molecule has 0 bridgehead atoms. The van der Waals surface area contributed by atoms with Crippen LogP contribution < -0.4 is 4.72 Å². The van der Waals surface area contributed by atoms with Gasteiger partial charge in [0, 0.05) is 5.54 Å². The zero-order valence-corrected chi connectivity index (χ0v) is 14.3.